The molecule has 1 aromatic rings. The second kappa shape index (κ2) is 10.4. The largest absolute Gasteiger partial charge is 0.493 e. The van der Waals surface area contributed by atoms with E-state index in [1.54, 1.807) is 7.11 Å². The van der Waals surface area contributed by atoms with Crippen molar-refractivity contribution >= 4 is 5.97 Å². The molecule has 26 heavy (non-hydrogen) atoms. The van der Waals surface area contributed by atoms with Gasteiger partial charge in [-0.15, -0.1) is 0 Å². The van der Waals surface area contributed by atoms with Gasteiger partial charge >= 0.3 is 5.97 Å². The van der Waals surface area contributed by atoms with Gasteiger partial charge in [-0.25, -0.2) is 0 Å². The number of likely N-dealkylation sites (tertiary alicyclic amines) is 1. The first-order chi connectivity index (χ1) is 12.6. The number of piperidine rings is 1. The van der Waals surface area contributed by atoms with Gasteiger partial charge in [-0.05, 0) is 50.2 Å². The molecule has 1 N–H and O–H groups in total. The molecule has 0 radical (unpaired) electrons. The zero-order valence-corrected chi connectivity index (χ0v) is 16.2. The van der Waals surface area contributed by atoms with Crippen LogP contribution < -0.4 is 9.47 Å². The molecule has 0 aromatic heterocycles. The number of carbonyl (C=O) groups is 1. The average Bonchev–Trinajstić information content (AvgIpc) is 2.66. The lowest BCUT2D eigenvalue weighted by molar-refractivity contribution is -0.143. The molecule has 2 rings (SSSR count). The normalized spacial score (nSPS) is 18.1. The van der Waals surface area contributed by atoms with Crippen LogP contribution in [0.1, 0.15) is 32.3 Å². The lowest BCUT2D eigenvalue weighted by Gasteiger charge is -2.30. The summed E-state index contributed by atoms with van der Waals surface area (Å²) < 4.78 is 11.4. The van der Waals surface area contributed by atoms with Gasteiger partial charge in [0, 0.05) is 19.6 Å². The Labute approximate surface area is 156 Å². The molecule has 6 heteroatoms. The van der Waals surface area contributed by atoms with E-state index < -0.39 is 5.97 Å². The monoisotopic (exact) mass is 364 g/mol. The Hall–Kier alpha value is -1.79. The van der Waals surface area contributed by atoms with Crippen LogP contribution in [-0.4, -0.2) is 67.3 Å². The first kappa shape index (κ1) is 20.5. The van der Waals surface area contributed by atoms with Crippen molar-refractivity contribution in [2.75, 3.05) is 46.4 Å². The number of benzene rings is 1. The third-order valence-corrected chi connectivity index (χ3v) is 5.05. The van der Waals surface area contributed by atoms with Gasteiger partial charge in [-0.1, -0.05) is 19.9 Å². The van der Waals surface area contributed by atoms with Crippen molar-refractivity contribution in [2.24, 2.45) is 5.92 Å². The predicted octanol–water partition coefficient (Wildman–Crippen LogP) is 2.71. The van der Waals surface area contributed by atoms with Gasteiger partial charge in [0.2, 0.25) is 0 Å². The van der Waals surface area contributed by atoms with Gasteiger partial charge in [0.05, 0.1) is 13.0 Å². The van der Waals surface area contributed by atoms with Crippen molar-refractivity contribution in [2.45, 2.75) is 33.2 Å². The van der Waals surface area contributed by atoms with E-state index in [0.717, 1.165) is 62.6 Å². The summed E-state index contributed by atoms with van der Waals surface area (Å²) in [7, 11) is 1.65. The van der Waals surface area contributed by atoms with Gasteiger partial charge in [-0.3, -0.25) is 9.69 Å². The summed E-state index contributed by atoms with van der Waals surface area (Å²) in [5, 5.41) is 9.23. The number of rotatable bonds is 10. The van der Waals surface area contributed by atoms with Gasteiger partial charge in [0.25, 0.3) is 0 Å². The summed E-state index contributed by atoms with van der Waals surface area (Å²) in [4.78, 5) is 15.7. The molecule has 0 aliphatic carbocycles. The first-order valence-corrected chi connectivity index (χ1v) is 9.54. The van der Waals surface area contributed by atoms with Crippen molar-refractivity contribution in [3.8, 4) is 11.5 Å². The number of ether oxygens (including phenoxy) is 2. The maximum absolute atomic E-state index is 11.2. The molecule has 1 atom stereocenters. The van der Waals surface area contributed by atoms with E-state index in [0.29, 0.717) is 13.2 Å². The number of hydrogen-bond donors (Lipinski definition) is 1. The Morgan fingerprint density at radius 2 is 2.08 bits per heavy atom. The molecule has 1 aliphatic heterocycles. The van der Waals surface area contributed by atoms with Gasteiger partial charge in [-0.2, -0.15) is 0 Å². The van der Waals surface area contributed by atoms with Crippen molar-refractivity contribution < 1.29 is 19.4 Å². The van der Waals surface area contributed by atoms with Crippen LogP contribution in [0.25, 0.3) is 0 Å². The van der Waals surface area contributed by atoms with E-state index in [4.69, 9.17) is 9.47 Å². The minimum atomic E-state index is -0.691. The zero-order valence-electron chi connectivity index (χ0n) is 16.2. The molecular weight excluding hydrogens is 332 g/mol. The topological polar surface area (TPSA) is 62.2 Å². The number of aliphatic carboxylic acids is 1. The van der Waals surface area contributed by atoms with Crippen molar-refractivity contribution in [3.05, 3.63) is 23.8 Å². The summed E-state index contributed by atoms with van der Waals surface area (Å²) in [6, 6.07) is 5.99. The molecule has 0 amide bonds. The van der Waals surface area contributed by atoms with E-state index >= 15 is 0 Å². The molecule has 1 heterocycles. The van der Waals surface area contributed by atoms with Crippen molar-refractivity contribution in [1.29, 1.82) is 0 Å². The Morgan fingerprint density at radius 3 is 2.73 bits per heavy atom. The highest BCUT2D eigenvalue weighted by atomic mass is 16.5. The molecular formula is C20H32N2O4. The van der Waals surface area contributed by atoms with Crippen molar-refractivity contribution in [1.82, 2.24) is 9.80 Å². The summed E-state index contributed by atoms with van der Waals surface area (Å²) in [5.74, 6) is 0.539. The molecule has 1 saturated heterocycles. The number of carboxylic acid groups (broad SMARTS) is 1. The van der Waals surface area contributed by atoms with Crippen LogP contribution in [0.2, 0.25) is 0 Å². The maximum Gasteiger partial charge on any atom is 0.307 e. The SMILES string of the molecule is CCN(CC)CCOc1ccc(CN2CCCC(C(=O)O)C2)cc1OC. The minimum Gasteiger partial charge on any atom is -0.493 e. The number of carboxylic acids is 1. The Morgan fingerprint density at radius 1 is 1.31 bits per heavy atom. The number of likely N-dealkylation sites (N-methyl/N-ethyl adjacent to an activating group) is 1. The number of methoxy groups -OCH3 is 1. The Kier molecular flexibility index (Phi) is 8.19. The van der Waals surface area contributed by atoms with Crippen LogP contribution in [0.5, 0.6) is 11.5 Å². The lowest BCUT2D eigenvalue weighted by atomic mass is 9.98. The highest BCUT2D eigenvalue weighted by molar-refractivity contribution is 5.70. The van der Waals surface area contributed by atoms with Gasteiger partial charge < -0.3 is 19.5 Å². The maximum atomic E-state index is 11.2. The van der Waals surface area contributed by atoms with E-state index in [1.807, 2.05) is 18.2 Å². The van der Waals surface area contributed by atoms with Crippen LogP contribution in [0.4, 0.5) is 0 Å². The molecule has 0 bridgehead atoms. The van der Waals surface area contributed by atoms with Crippen molar-refractivity contribution in [3.63, 3.8) is 0 Å². The molecule has 146 valence electrons. The van der Waals surface area contributed by atoms with E-state index in [9.17, 15) is 9.90 Å². The fourth-order valence-electron chi connectivity index (χ4n) is 3.41. The molecule has 6 nitrogen and oxygen atoms in total. The number of nitrogens with zero attached hydrogens (tertiary/aromatic N) is 2. The third kappa shape index (κ3) is 5.88. The van der Waals surface area contributed by atoms with Gasteiger partial charge in [0.1, 0.15) is 6.61 Å². The van der Waals surface area contributed by atoms with Crippen LogP contribution in [0, 0.1) is 5.92 Å². The van der Waals surface area contributed by atoms with Crippen LogP contribution in [-0.2, 0) is 11.3 Å². The standard InChI is InChI=1S/C20H32N2O4/c1-4-21(5-2)11-12-26-18-9-8-16(13-19(18)25-3)14-22-10-6-7-17(15-22)20(23)24/h8-9,13,17H,4-7,10-12,14-15H2,1-3H3,(H,23,24). The smallest absolute Gasteiger partial charge is 0.307 e. The quantitative estimate of drug-likeness (QED) is 0.689. The molecule has 1 fully saturated rings. The second-order valence-electron chi connectivity index (χ2n) is 6.77. The van der Waals surface area contributed by atoms with Crippen LogP contribution in [0.3, 0.4) is 0 Å². The lowest BCUT2D eigenvalue weighted by Crippen LogP contribution is -2.38. The molecule has 1 aliphatic rings. The summed E-state index contributed by atoms with van der Waals surface area (Å²) >= 11 is 0. The molecule has 1 unspecified atom stereocenters. The second-order valence-corrected chi connectivity index (χ2v) is 6.77. The third-order valence-electron chi connectivity index (χ3n) is 5.05. The minimum absolute atomic E-state index is 0.256. The summed E-state index contributed by atoms with van der Waals surface area (Å²) in [5.41, 5.74) is 1.11. The van der Waals surface area contributed by atoms with Crippen LogP contribution >= 0.6 is 0 Å². The van der Waals surface area contributed by atoms with E-state index in [1.165, 1.54) is 0 Å². The fourth-order valence-corrected chi connectivity index (χ4v) is 3.41. The van der Waals surface area contributed by atoms with E-state index in [-0.39, 0.29) is 5.92 Å². The Balaban J connectivity index is 1.93. The highest BCUT2D eigenvalue weighted by Crippen LogP contribution is 2.29. The molecule has 0 spiro atoms. The highest BCUT2D eigenvalue weighted by Gasteiger charge is 2.25. The van der Waals surface area contributed by atoms with E-state index in [2.05, 4.69) is 23.6 Å². The summed E-state index contributed by atoms with van der Waals surface area (Å²) in [6.07, 6.45) is 1.70. The average molecular weight is 364 g/mol. The zero-order chi connectivity index (χ0) is 18.9. The Bertz CT molecular complexity index is 575. The van der Waals surface area contributed by atoms with Crippen LogP contribution in [0.15, 0.2) is 18.2 Å². The van der Waals surface area contributed by atoms with Gasteiger partial charge in [0.15, 0.2) is 11.5 Å². The fraction of sp³-hybridized carbons (Fsp3) is 0.650. The summed E-state index contributed by atoms with van der Waals surface area (Å²) in [6.45, 7) is 10.1. The molecule has 0 saturated carbocycles. The predicted molar refractivity (Wildman–Crippen MR) is 102 cm³/mol. The molecule has 1 aromatic carbocycles. The number of hydrogen-bond acceptors (Lipinski definition) is 5. The first-order valence-electron chi connectivity index (χ1n) is 9.54.